The molecule has 1 unspecified atom stereocenters. The summed E-state index contributed by atoms with van der Waals surface area (Å²) in [5.41, 5.74) is 0.998. The number of aliphatic hydroxyl groups is 1. The van der Waals surface area contributed by atoms with Gasteiger partial charge in [-0.05, 0) is 48.4 Å². The van der Waals surface area contributed by atoms with Crippen molar-refractivity contribution < 1.29 is 24.5 Å². The maximum atomic E-state index is 12.7. The first-order valence-corrected chi connectivity index (χ1v) is 8.69. The summed E-state index contributed by atoms with van der Waals surface area (Å²) in [5.74, 6) is -0.991. The fraction of sp³-hybridized carbons (Fsp3) is 0.238. The van der Waals surface area contributed by atoms with E-state index in [2.05, 4.69) is 0 Å². The van der Waals surface area contributed by atoms with Gasteiger partial charge >= 0.3 is 0 Å². The fourth-order valence-corrected chi connectivity index (χ4v) is 3.30. The van der Waals surface area contributed by atoms with Crippen LogP contribution in [0.5, 0.6) is 11.5 Å². The summed E-state index contributed by atoms with van der Waals surface area (Å²) in [4.78, 5) is 26.7. The second kappa shape index (κ2) is 7.53. The van der Waals surface area contributed by atoms with Crippen molar-refractivity contribution in [3.05, 3.63) is 65.2 Å². The molecule has 0 radical (unpaired) electrons. The molecule has 2 N–H and O–H groups in total. The normalized spacial score (nSPS) is 18.7. The van der Waals surface area contributed by atoms with Gasteiger partial charge in [-0.15, -0.1) is 0 Å². The van der Waals surface area contributed by atoms with Crippen molar-refractivity contribution in [2.45, 2.75) is 19.4 Å². The number of phenolic OH excluding ortho intramolecular Hbond substituents is 1. The van der Waals surface area contributed by atoms with E-state index in [1.54, 1.807) is 36.4 Å². The average molecular weight is 367 g/mol. The zero-order chi connectivity index (χ0) is 19.6. The zero-order valence-electron chi connectivity index (χ0n) is 15.2. The minimum Gasteiger partial charge on any atom is -0.508 e. The van der Waals surface area contributed by atoms with E-state index in [0.29, 0.717) is 29.8 Å². The molecule has 3 rings (SSSR count). The van der Waals surface area contributed by atoms with Crippen LogP contribution in [0.15, 0.2) is 54.1 Å². The lowest BCUT2D eigenvalue weighted by molar-refractivity contribution is -0.139. The standard InChI is InChI=1S/C21H21NO5/c1-3-11-22-18(14-5-4-6-15(23)12-14)17(20(25)21(22)26)19(24)13-7-9-16(27-2)10-8-13/h4-10,12,18,23-24H,3,11H2,1-2H3/b19-17-. The molecule has 1 amide bonds. The molecule has 0 aromatic heterocycles. The van der Waals surface area contributed by atoms with Gasteiger partial charge < -0.3 is 19.8 Å². The Bertz CT molecular complexity index is 901. The van der Waals surface area contributed by atoms with Crippen LogP contribution < -0.4 is 4.74 Å². The van der Waals surface area contributed by atoms with E-state index in [0.717, 1.165) is 0 Å². The van der Waals surface area contributed by atoms with E-state index in [-0.39, 0.29) is 17.1 Å². The predicted octanol–water partition coefficient (Wildman–Crippen LogP) is 3.23. The summed E-state index contributed by atoms with van der Waals surface area (Å²) in [5, 5.41) is 20.7. The maximum Gasteiger partial charge on any atom is 0.295 e. The molecule has 1 heterocycles. The summed E-state index contributed by atoms with van der Waals surface area (Å²) in [6.07, 6.45) is 0.658. The number of aromatic hydroxyl groups is 1. The number of amides is 1. The fourth-order valence-electron chi connectivity index (χ4n) is 3.30. The molecule has 1 aliphatic heterocycles. The maximum absolute atomic E-state index is 12.7. The van der Waals surface area contributed by atoms with E-state index in [4.69, 9.17) is 4.74 Å². The Morgan fingerprint density at radius 3 is 2.44 bits per heavy atom. The minimum absolute atomic E-state index is 0.0178. The summed E-state index contributed by atoms with van der Waals surface area (Å²) in [7, 11) is 1.53. The Labute approximate surface area is 157 Å². The van der Waals surface area contributed by atoms with Crippen LogP contribution in [0.3, 0.4) is 0 Å². The number of phenols is 1. The Kier molecular flexibility index (Phi) is 5.16. The molecular weight excluding hydrogens is 346 g/mol. The van der Waals surface area contributed by atoms with E-state index >= 15 is 0 Å². The number of nitrogens with zero attached hydrogens (tertiary/aromatic N) is 1. The Morgan fingerprint density at radius 2 is 1.85 bits per heavy atom. The number of ketones is 1. The lowest BCUT2D eigenvalue weighted by Gasteiger charge is -2.25. The molecule has 6 nitrogen and oxygen atoms in total. The van der Waals surface area contributed by atoms with Gasteiger partial charge in [0.05, 0.1) is 18.7 Å². The summed E-state index contributed by atoms with van der Waals surface area (Å²) in [6.45, 7) is 2.27. The average Bonchev–Trinajstić information content (AvgIpc) is 2.93. The number of benzene rings is 2. The van der Waals surface area contributed by atoms with Crippen molar-refractivity contribution in [1.82, 2.24) is 4.90 Å². The number of aliphatic hydroxyl groups excluding tert-OH is 1. The van der Waals surface area contributed by atoms with E-state index < -0.39 is 17.7 Å². The molecule has 0 spiro atoms. The number of hydrogen-bond donors (Lipinski definition) is 2. The molecule has 1 saturated heterocycles. The van der Waals surface area contributed by atoms with Crippen LogP contribution in [-0.2, 0) is 9.59 Å². The van der Waals surface area contributed by atoms with Crippen LogP contribution in [0.4, 0.5) is 0 Å². The number of hydrogen-bond acceptors (Lipinski definition) is 5. The Balaban J connectivity index is 2.16. The lowest BCUT2D eigenvalue weighted by atomic mass is 9.95. The van der Waals surface area contributed by atoms with Crippen LogP contribution in [0.1, 0.15) is 30.5 Å². The molecular formula is C21H21NO5. The summed E-state index contributed by atoms with van der Waals surface area (Å²) in [6, 6.07) is 12.2. The second-order valence-corrected chi connectivity index (χ2v) is 6.32. The SMILES string of the molecule is CCCN1C(=O)C(=O)/C(=C(\O)c2ccc(OC)cc2)C1c1cccc(O)c1. The van der Waals surface area contributed by atoms with Crippen molar-refractivity contribution in [3.63, 3.8) is 0 Å². The summed E-state index contributed by atoms with van der Waals surface area (Å²) >= 11 is 0. The molecule has 6 heteroatoms. The molecule has 140 valence electrons. The zero-order valence-corrected chi connectivity index (χ0v) is 15.2. The van der Waals surface area contributed by atoms with Crippen molar-refractivity contribution in [2.75, 3.05) is 13.7 Å². The topological polar surface area (TPSA) is 87.1 Å². The van der Waals surface area contributed by atoms with Gasteiger partial charge in [0.25, 0.3) is 11.7 Å². The third-order valence-corrected chi connectivity index (χ3v) is 4.55. The van der Waals surface area contributed by atoms with Crippen molar-refractivity contribution >= 4 is 17.4 Å². The number of Topliss-reactive ketones (excluding diaryl/α,β-unsaturated/α-hetero) is 1. The Morgan fingerprint density at radius 1 is 1.15 bits per heavy atom. The van der Waals surface area contributed by atoms with Gasteiger partial charge in [0, 0.05) is 12.1 Å². The lowest BCUT2D eigenvalue weighted by Crippen LogP contribution is -2.30. The van der Waals surface area contributed by atoms with Gasteiger partial charge in [0.2, 0.25) is 0 Å². The molecule has 2 aromatic rings. The van der Waals surface area contributed by atoms with Crippen LogP contribution in [0.25, 0.3) is 5.76 Å². The highest BCUT2D eigenvalue weighted by Gasteiger charge is 2.45. The van der Waals surface area contributed by atoms with Crippen LogP contribution in [0, 0.1) is 0 Å². The van der Waals surface area contributed by atoms with Gasteiger partial charge in [0.15, 0.2) is 0 Å². The first-order chi connectivity index (χ1) is 13.0. The number of ether oxygens (including phenoxy) is 1. The highest BCUT2D eigenvalue weighted by molar-refractivity contribution is 6.46. The molecule has 0 saturated carbocycles. The highest BCUT2D eigenvalue weighted by atomic mass is 16.5. The highest BCUT2D eigenvalue weighted by Crippen LogP contribution is 2.40. The first-order valence-electron chi connectivity index (χ1n) is 8.69. The number of methoxy groups -OCH3 is 1. The number of carbonyl (C=O) groups excluding carboxylic acids is 2. The van der Waals surface area contributed by atoms with Gasteiger partial charge in [-0.1, -0.05) is 19.1 Å². The van der Waals surface area contributed by atoms with Crippen LogP contribution in [-0.4, -0.2) is 40.5 Å². The first kappa shape index (κ1) is 18.5. The van der Waals surface area contributed by atoms with E-state index in [9.17, 15) is 19.8 Å². The molecule has 1 aliphatic rings. The summed E-state index contributed by atoms with van der Waals surface area (Å²) < 4.78 is 5.11. The second-order valence-electron chi connectivity index (χ2n) is 6.32. The molecule has 1 atom stereocenters. The smallest absolute Gasteiger partial charge is 0.295 e. The number of rotatable bonds is 5. The molecule has 2 aromatic carbocycles. The van der Waals surface area contributed by atoms with Gasteiger partial charge in [-0.25, -0.2) is 0 Å². The predicted molar refractivity (Wildman–Crippen MR) is 100 cm³/mol. The van der Waals surface area contributed by atoms with E-state index in [1.165, 1.54) is 24.1 Å². The van der Waals surface area contributed by atoms with Gasteiger partial charge in [-0.2, -0.15) is 0 Å². The monoisotopic (exact) mass is 367 g/mol. The third kappa shape index (κ3) is 3.38. The Hall–Kier alpha value is -3.28. The van der Waals surface area contributed by atoms with E-state index in [1.807, 2.05) is 6.92 Å². The van der Waals surface area contributed by atoms with Gasteiger partial charge in [-0.3, -0.25) is 9.59 Å². The van der Waals surface area contributed by atoms with Gasteiger partial charge in [0.1, 0.15) is 17.3 Å². The van der Waals surface area contributed by atoms with Crippen molar-refractivity contribution in [3.8, 4) is 11.5 Å². The molecule has 0 aliphatic carbocycles. The van der Waals surface area contributed by atoms with Crippen LogP contribution in [0.2, 0.25) is 0 Å². The quantitative estimate of drug-likeness (QED) is 0.481. The van der Waals surface area contributed by atoms with Crippen molar-refractivity contribution in [2.24, 2.45) is 0 Å². The third-order valence-electron chi connectivity index (χ3n) is 4.55. The molecule has 27 heavy (non-hydrogen) atoms. The largest absolute Gasteiger partial charge is 0.508 e. The minimum atomic E-state index is -0.751. The molecule has 0 bridgehead atoms. The van der Waals surface area contributed by atoms with Crippen LogP contribution >= 0.6 is 0 Å². The number of carbonyl (C=O) groups is 2. The number of likely N-dealkylation sites (tertiary alicyclic amines) is 1. The van der Waals surface area contributed by atoms with Crippen molar-refractivity contribution in [1.29, 1.82) is 0 Å². The molecule has 1 fully saturated rings.